The summed E-state index contributed by atoms with van der Waals surface area (Å²) in [5, 5.41) is 0. The molecule has 2 aliphatic carbocycles. The van der Waals surface area contributed by atoms with Crippen molar-refractivity contribution in [3.8, 4) is 11.1 Å². The van der Waals surface area contributed by atoms with E-state index in [1.54, 1.807) is 12.1 Å². The first kappa shape index (κ1) is 18.2. The summed E-state index contributed by atoms with van der Waals surface area (Å²) in [6.07, 6.45) is 5.97. The van der Waals surface area contributed by atoms with Crippen molar-refractivity contribution in [2.45, 2.75) is 33.3 Å². The van der Waals surface area contributed by atoms with E-state index in [1.165, 1.54) is 27.8 Å². The maximum atomic E-state index is 2.68. The molecule has 0 aromatic heterocycles. The molecule has 0 N–H and O–H groups in total. The van der Waals surface area contributed by atoms with Crippen LogP contribution in [0.25, 0.3) is 17.2 Å². The molecule has 0 amide bonds. The van der Waals surface area contributed by atoms with Gasteiger partial charge in [0.25, 0.3) is 0 Å². The number of fused-ring (bicyclic) bond motifs is 4. The molecule has 0 saturated heterocycles. The van der Waals surface area contributed by atoms with E-state index in [0.29, 0.717) is 3.67 Å². The van der Waals surface area contributed by atoms with Gasteiger partial charge in [0, 0.05) is 0 Å². The van der Waals surface area contributed by atoms with Gasteiger partial charge >= 0.3 is 170 Å². The van der Waals surface area contributed by atoms with Gasteiger partial charge in [0.15, 0.2) is 0 Å². The van der Waals surface area contributed by atoms with E-state index in [1.807, 2.05) is 0 Å². The Hall–Kier alpha value is -1.86. The zero-order valence-electron chi connectivity index (χ0n) is 17.3. The quantitative estimate of drug-likeness (QED) is 0.255. The van der Waals surface area contributed by atoms with Crippen molar-refractivity contribution in [1.82, 2.24) is 0 Å². The summed E-state index contributed by atoms with van der Waals surface area (Å²) in [5.41, 5.74) is 8.95. The fourth-order valence-electron chi connectivity index (χ4n) is 5.63. The molecule has 0 aliphatic heterocycles. The molecule has 3 aromatic rings. The van der Waals surface area contributed by atoms with Crippen LogP contribution in [0, 0.1) is 0 Å². The van der Waals surface area contributed by atoms with Crippen LogP contribution in [-0.4, -0.2) is 3.26 Å². The van der Waals surface area contributed by atoms with Crippen LogP contribution in [0.3, 0.4) is 0 Å². The Morgan fingerprint density at radius 2 is 1.54 bits per heavy atom. The number of benzene rings is 3. The molecule has 2 aliphatic rings. The van der Waals surface area contributed by atoms with Crippen LogP contribution >= 0.6 is 0 Å². The van der Waals surface area contributed by atoms with E-state index in [9.17, 15) is 0 Å². The summed E-state index contributed by atoms with van der Waals surface area (Å²) in [6, 6.07) is 25.1. The van der Waals surface area contributed by atoms with Crippen LogP contribution in [0.15, 0.2) is 72.8 Å². The number of hydrogen-bond donors (Lipinski definition) is 0. The van der Waals surface area contributed by atoms with Crippen molar-refractivity contribution >= 4 is 12.7 Å². The van der Waals surface area contributed by atoms with Gasteiger partial charge in [0.1, 0.15) is 0 Å². The molecule has 1 heteroatoms. The molecule has 0 fully saturated rings. The number of rotatable bonds is 2. The molecule has 0 heterocycles. The van der Waals surface area contributed by atoms with Crippen molar-refractivity contribution in [2.75, 3.05) is 0 Å². The average Bonchev–Trinajstić information content (AvgIpc) is 3.30. The van der Waals surface area contributed by atoms with Crippen LogP contribution in [0.2, 0.25) is 9.36 Å². The molecule has 3 aromatic carbocycles. The second-order valence-corrected chi connectivity index (χ2v) is 35.3. The molecule has 5 rings (SSSR count). The van der Waals surface area contributed by atoms with E-state index >= 15 is 0 Å². The first-order valence-electron chi connectivity index (χ1n) is 10.4. The summed E-state index contributed by atoms with van der Waals surface area (Å²) in [4.78, 5) is 0. The monoisotopic (exact) mass is 532 g/mol. The van der Waals surface area contributed by atoms with Crippen LogP contribution in [0.5, 0.6) is 0 Å². The topological polar surface area (TPSA) is 0 Å². The van der Waals surface area contributed by atoms with Crippen LogP contribution in [0.1, 0.15) is 39.8 Å². The second-order valence-electron chi connectivity index (χ2n) is 9.62. The first-order valence-corrected chi connectivity index (χ1v) is 23.2. The Labute approximate surface area is 169 Å². The second kappa shape index (κ2) is 6.07. The van der Waals surface area contributed by atoms with Gasteiger partial charge in [-0.2, -0.15) is 0 Å². The SMILES string of the molecule is C[C](C)=[Hf]([CH3])([CH3])([c]1cccc2c1Cc1ccccc1-2)[CH]1C=Cc2ccccc21. The van der Waals surface area contributed by atoms with E-state index in [4.69, 9.17) is 0 Å². The molecule has 140 valence electrons. The van der Waals surface area contributed by atoms with Crippen molar-refractivity contribution in [1.29, 1.82) is 0 Å². The van der Waals surface area contributed by atoms with Gasteiger partial charge in [-0.3, -0.25) is 0 Å². The Morgan fingerprint density at radius 3 is 2.36 bits per heavy atom. The maximum absolute atomic E-state index is 3.68. The molecule has 0 nitrogen and oxygen atoms in total. The Bertz CT molecular complexity index is 1210. The van der Waals surface area contributed by atoms with Crippen molar-refractivity contribution in [2.24, 2.45) is 0 Å². The number of allylic oxidation sites excluding steroid dienone is 1. The molecule has 28 heavy (non-hydrogen) atoms. The number of hydrogen-bond acceptors (Lipinski definition) is 0. The van der Waals surface area contributed by atoms with Crippen LogP contribution in [-0.2, 0) is 24.4 Å². The van der Waals surface area contributed by atoms with Gasteiger partial charge in [0.05, 0.1) is 0 Å². The Balaban J connectivity index is 1.81. The van der Waals surface area contributed by atoms with Crippen LogP contribution < -0.4 is 3.32 Å². The zero-order valence-corrected chi connectivity index (χ0v) is 20.9. The molecular weight excluding hydrogens is 503 g/mol. The van der Waals surface area contributed by atoms with Gasteiger partial charge in [0.2, 0.25) is 0 Å². The molecule has 1 atom stereocenters. The Kier molecular flexibility index (Phi) is 3.94. The predicted octanol–water partition coefficient (Wildman–Crippen LogP) is 6.65. The van der Waals surface area contributed by atoms with E-state index < -0.39 is 18.0 Å². The van der Waals surface area contributed by atoms with Crippen molar-refractivity contribution < 1.29 is 18.0 Å². The van der Waals surface area contributed by atoms with Gasteiger partial charge in [-0.1, -0.05) is 0 Å². The third kappa shape index (κ3) is 2.29. The summed E-state index contributed by atoms with van der Waals surface area (Å²) in [6.45, 7) is 4.82. The zero-order chi connectivity index (χ0) is 19.5. The predicted molar refractivity (Wildman–Crippen MR) is 121 cm³/mol. The van der Waals surface area contributed by atoms with Gasteiger partial charge < -0.3 is 0 Å². The molecule has 0 saturated carbocycles. The molecule has 0 radical (unpaired) electrons. The summed E-state index contributed by atoms with van der Waals surface area (Å²) < 4.78 is 9.28. The first-order chi connectivity index (χ1) is 13.4. The van der Waals surface area contributed by atoms with Crippen LogP contribution in [0.4, 0.5) is 0 Å². The van der Waals surface area contributed by atoms with Gasteiger partial charge in [-0.15, -0.1) is 0 Å². The van der Waals surface area contributed by atoms with Gasteiger partial charge in [-0.25, -0.2) is 0 Å². The van der Waals surface area contributed by atoms with E-state index in [2.05, 4.69) is 102 Å². The molecule has 0 bridgehead atoms. The standard InChI is InChI=1S/C13H9.C9H7.C3H6.2CH3.Hf/c1-3-7-12-10(5-1)9-11-6-2-4-8-13(11)12;1-2-5-9-7-3-6-8(9)4-1;1-3-2;;;/h1-5,7-8H,9H2;1-7H;1-2H3;2*1H3;. The summed E-state index contributed by atoms with van der Waals surface area (Å²) in [5.74, 6) is 0. The van der Waals surface area contributed by atoms with Gasteiger partial charge in [-0.05, 0) is 0 Å². The third-order valence-electron chi connectivity index (χ3n) is 7.95. The minimum absolute atomic E-state index is 0.549. The minimum atomic E-state index is -3.68. The summed E-state index contributed by atoms with van der Waals surface area (Å²) in [7, 11) is 0. The summed E-state index contributed by atoms with van der Waals surface area (Å²) >= 11 is -3.68. The van der Waals surface area contributed by atoms with E-state index in [0.717, 1.165) is 6.42 Å². The molecule has 1 unspecified atom stereocenters. The third-order valence-corrected chi connectivity index (χ3v) is 35.2. The van der Waals surface area contributed by atoms with Crippen molar-refractivity contribution in [3.05, 3.63) is 95.1 Å². The normalized spacial score (nSPS) is 17.2. The Morgan fingerprint density at radius 1 is 0.821 bits per heavy atom. The van der Waals surface area contributed by atoms with Crippen molar-refractivity contribution in [3.63, 3.8) is 0 Å². The average molecular weight is 531 g/mol. The molecule has 0 spiro atoms. The molecular formula is C27H28Hf. The fourth-order valence-corrected chi connectivity index (χ4v) is 24.0. The fraction of sp³-hybridized carbons (Fsp3) is 0.222. The van der Waals surface area contributed by atoms with E-state index in [-0.39, 0.29) is 0 Å².